The fourth-order valence-electron chi connectivity index (χ4n) is 2.08. The average Bonchev–Trinajstić information content (AvgIpc) is 2.30. The number of nitrogens with one attached hydrogen (secondary N) is 1. The van der Waals surface area contributed by atoms with E-state index < -0.39 is 0 Å². The van der Waals surface area contributed by atoms with Crippen LogP contribution in [0.1, 0.15) is 18.5 Å². The second kappa shape index (κ2) is 6.01. The number of rotatable bonds is 2. The first-order valence-corrected chi connectivity index (χ1v) is 5.50. The quantitative estimate of drug-likeness (QED) is 0.851. The van der Waals surface area contributed by atoms with Gasteiger partial charge in [0, 0.05) is 32.0 Å². The lowest BCUT2D eigenvalue weighted by atomic mass is 10.1. The molecule has 90 valence electrons. The van der Waals surface area contributed by atoms with Gasteiger partial charge in [-0.3, -0.25) is 4.98 Å². The van der Waals surface area contributed by atoms with Gasteiger partial charge in [0.15, 0.2) is 0 Å². The van der Waals surface area contributed by atoms with Crippen LogP contribution < -0.4 is 10.2 Å². The molecule has 0 radical (unpaired) electrons. The summed E-state index contributed by atoms with van der Waals surface area (Å²) in [6.45, 7) is 4.20. The molecule has 4 nitrogen and oxygen atoms in total. The number of aryl methyl sites for hydroxylation is 1. The molecule has 2 rings (SSSR count). The largest absolute Gasteiger partial charge is 0.354 e. The fraction of sp³-hybridized carbons (Fsp3) is 0.636. The molecule has 0 bridgehead atoms. The first-order chi connectivity index (χ1) is 7.29. The summed E-state index contributed by atoms with van der Waals surface area (Å²) in [6, 6.07) is 0.550. The molecule has 5 heteroatoms. The number of hydrogen-bond acceptors (Lipinski definition) is 4. The van der Waals surface area contributed by atoms with Gasteiger partial charge < -0.3 is 10.2 Å². The van der Waals surface area contributed by atoms with Gasteiger partial charge in [-0.15, -0.1) is 12.4 Å². The van der Waals surface area contributed by atoms with Crippen molar-refractivity contribution in [2.75, 3.05) is 25.0 Å². The van der Waals surface area contributed by atoms with Gasteiger partial charge in [0.1, 0.15) is 5.82 Å². The highest BCUT2D eigenvalue weighted by molar-refractivity contribution is 5.85. The highest BCUT2D eigenvalue weighted by Gasteiger charge is 2.19. The Hall–Kier alpha value is -0.870. The predicted octanol–water partition coefficient (Wildman–Crippen LogP) is 1.40. The van der Waals surface area contributed by atoms with Crippen LogP contribution in [0, 0.1) is 6.92 Å². The molecule has 1 saturated heterocycles. The minimum absolute atomic E-state index is 0. The van der Waals surface area contributed by atoms with Gasteiger partial charge >= 0.3 is 0 Å². The number of hydrogen-bond donors (Lipinski definition) is 1. The van der Waals surface area contributed by atoms with E-state index >= 15 is 0 Å². The van der Waals surface area contributed by atoms with E-state index in [9.17, 15) is 0 Å². The molecule has 16 heavy (non-hydrogen) atoms. The predicted molar refractivity (Wildman–Crippen MR) is 68.3 cm³/mol. The first kappa shape index (κ1) is 13.2. The number of halogens is 1. The van der Waals surface area contributed by atoms with Gasteiger partial charge in [0.2, 0.25) is 0 Å². The second-order valence-electron chi connectivity index (χ2n) is 4.08. The van der Waals surface area contributed by atoms with Gasteiger partial charge in [-0.1, -0.05) is 0 Å². The summed E-state index contributed by atoms with van der Waals surface area (Å²) < 4.78 is 0. The van der Waals surface area contributed by atoms with E-state index in [4.69, 9.17) is 0 Å². The average molecular weight is 243 g/mol. The summed E-state index contributed by atoms with van der Waals surface area (Å²) in [7, 11) is 2.11. The van der Waals surface area contributed by atoms with E-state index in [0.717, 1.165) is 24.6 Å². The number of anilines is 1. The SMILES string of the molecule is Cc1nccnc1N(C)[C@@H]1CCCNC1.Cl. The van der Waals surface area contributed by atoms with Crippen LogP contribution in [0.15, 0.2) is 12.4 Å². The van der Waals surface area contributed by atoms with E-state index in [2.05, 4.69) is 27.2 Å². The highest BCUT2D eigenvalue weighted by Crippen LogP contribution is 2.18. The Morgan fingerprint density at radius 1 is 1.38 bits per heavy atom. The zero-order chi connectivity index (χ0) is 10.7. The van der Waals surface area contributed by atoms with Crippen LogP contribution in [0.3, 0.4) is 0 Å². The molecule has 1 aliphatic rings. The maximum absolute atomic E-state index is 4.39. The maximum atomic E-state index is 4.39. The van der Waals surface area contributed by atoms with E-state index in [-0.39, 0.29) is 12.4 Å². The lowest BCUT2D eigenvalue weighted by molar-refractivity contribution is 0.442. The molecule has 1 fully saturated rings. The third-order valence-electron chi connectivity index (χ3n) is 3.01. The molecule has 1 aromatic heterocycles. The van der Waals surface area contributed by atoms with Crippen LogP contribution in [0.2, 0.25) is 0 Å². The molecule has 0 aliphatic carbocycles. The molecule has 0 amide bonds. The standard InChI is InChI=1S/C11H18N4.ClH/c1-9-11(14-7-6-13-9)15(2)10-4-3-5-12-8-10;/h6-7,10,12H,3-5,8H2,1-2H3;1H/t10-;/m1./s1. The van der Waals surface area contributed by atoms with Gasteiger partial charge in [-0.25, -0.2) is 4.98 Å². The molecule has 2 heterocycles. The van der Waals surface area contributed by atoms with Crippen molar-refractivity contribution in [1.29, 1.82) is 0 Å². The smallest absolute Gasteiger partial charge is 0.150 e. The van der Waals surface area contributed by atoms with E-state index in [0.29, 0.717) is 6.04 Å². The number of piperidine rings is 1. The summed E-state index contributed by atoms with van der Waals surface area (Å²) in [5.41, 5.74) is 1.01. The Morgan fingerprint density at radius 2 is 2.12 bits per heavy atom. The zero-order valence-electron chi connectivity index (χ0n) is 9.81. The van der Waals surface area contributed by atoms with Gasteiger partial charge in [-0.2, -0.15) is 0 Å². The van der Waals surface area contributed by atoms with Crippen molar-refractivity contribution in [2.24, 2.45) is 0 Å². The monoisotopic (exact) mass is 242 g/mol. The van der Waals surface area contributed by atoms with Gasteiger partial charge in [0.05, 0.1) is 5.69 Å². The molecule has 0 spiro atoms. The molecule has 1 N–H and O–H groups in total. The molecular weight excluding hydrogens is 224 g/mol. The highest BCUT2D eigenvalue weighted by atomic mass is 35.5. The second-order valence-corrected chi connectivity index (χ2v) is 4.08. The molecule has 1 atom stereocenters. The van der Waals surface area contributed by atoms with Gasteiger partial charge in [0.25, 0.3) is 0 Å². The van der Waals surface area contributed by atoms with Crippen molar-refractivity contribution >= 4 is 18.2 Å². The van der Waals surface area contributed by atoms with Gasteiger partial charge in [-0.05, 0) is 26.3 Å². The van der Waals surface area contributed by atoms with Crippen molar-refractivity contribution in [2.45, 2.75) is 25.8 Å². The fourth-order valence-corrected chi connectivity index (χ4v) is 2.08. The molecular formula is C11H19ClN4. The molecule has 0 unspecified atom stereocenters. The van der Waals surface area contributed by atoms with Crippen molar-refractivity contribution in [3.8, 4) is 0 Å². The minimum Gasteiger partial charge on any atom is -0.354 e. The van der Waals surface area contributed by atoms with E-state index in [1.807, 2.05) is 6.92 Å². The number of aromatic nitrogens is 2. The van der Waals surface area contributed by atoms with Crippen LogP contribution in [0.5, 0.6) is 0 Å². The summed E-state index contributed by atoms with van der Waals surface area (Å²) in [6.07, 6.45) is 5.98. The van der Waals surface area contributed by atoms with Crippen LogP contribution in [-0.2, 0) is 0 Å². The third-order valence-corrected chi connectivity index (χ3v) is 3.01. The summed E-state index contributed by atoms with van der Waals surface area (Å²) >= 11 is 0. The maximum Gasteiger partial charge on any atom is 0.150 e. The minimum atomic E-state index is 0. The molecule has 0 saturated carbocycles. The van der Waals surface area contributed by atoms with E-state index in [1.54, 1.807) is 12.4 Å². The van der Waals surface area contributed by atoms with Crippen molar-refractivity contribution in [3.63, 3.8) is 0 Å². The zero-order valence-corrected chi connectivity index (χ0v) is 10.6. The Kier molecular flexibility index (Phi) is 4.96. The van der Waals surface area contributed by atoms with Crippen LogP contribution in [0.4, 0.5) is 5.82 Å². The lowest BCUT2D eigenvalue weighted by Crippen LogP contribution is -2.44. The number of nitrogens with zero attached hydrogens (tertiary/aromatic N) is 3. The summed E-state index contributed by atoms with van der Waals surface area (Å²) in [5, 5.41) is 3.42. The van der Waals surface area contributed by atoms with E-state index in [1.165, 1.54) is 12.8 Å². The first-order valence-electron chi connectivity index (χ1n) is 5.50. The van der Waals surface area contributed by atoms with Crippen LogP contribution >= 0.6 is 12.4 Å². The molecule has 1 aliphatic heterocycles. The van der Waals surface area contributed by atoms with Crippen LogP contribution in [0.25, 0.3) is 0 Å². The Balaban J connectivity index is 0.00000128. The summed E-state index contributed by atoms with van der Waals surface area (Å²) in [5.74, 6) is 1.01. The van der Waals surface area contributed by atoms with Crippen molar-refractivity contribution < 1.29 is 0 Å². The lowest BCUT2D eigenvalue weighted by Gasteiger charge is -2.32. The third kappa shape index (κ3) is 2.83. The van der Waals surface area contributed by atoms with Crippen molar-refractivity contribution in [1.82, 2.24) is 15.3 Å². The molecule has 1 aromatic rings. The normalized spacial score (nSPS) is 20.0. The summed E-state index contributed by atoms with van der Waals surface area (Å²) in [4.78, 5) is 10.9. The van der Waals surface area contributed by atoms with Crippen LogP contribution in [-0.4, -0.2) is 36.1 Å². The Bertz CT molecular complexity index is 326. The Labute approximate surface area is 103 Å². The van der Waals surface area contributed by atoms with Crippen molar-refractivity contribution in [3.05, 3.63) is 18.1 Å². The topological polar surface area (TPSA) is 41.1 Å². The number of likely N-dealkylation sites (N-methyl/N-ethyl adjacent to an activating group) is 1. The molecule has 0 aromatic carbocycles. The Morgan fingerprint density at radius 3 is 2.75 bits per heavy atom.